The molecule has 0 aromatic carbocycles. The van der Waals surface area contributed by atoms with E-state index in [1.807, 2.05) is 7.05 Å². The van der Waals surface area contributed by atoms with E-state index >= 15 is 0 Å². The number of piperidine rings is 1. The molecule has 0 aromatic heterocycles. The van der Waals surface area contributed by atoms with Gasteiger partial charge in [-0.05, 0) is 58.8 Å². The Labute approximate surface area is 95.4 Å². The minimum absolute atomic E-state index is 0.764. The molecular formula is C13H28N2. The third-order valence-electron chi connectivity index (χ3n) is 3.78. The van der Waals surface area contributed by atoms with Crippen LogP contribution < -0.4 is 5.32 Å². The van der Waals surface area contributed by atoms with E-state index in [0.29, 0.717) is 0 Å². The predicted molar refractivity (Wildman–Crippen MR) is 67.2 cm³/mol. The number of nitrogens with zero attached hydrogens (tertiary/aromatic N) is 1. The smallest absolute Gasteiger partial charge is 0.00790 e. The summed E-state index contributed by atoms with van der Waals surface area (Å²) in [6, 6.07) is 0.764. The first-order valence-corrected chi connectivity index (χ1v) is 6.66. The number of rotatable bonds is 6. The van der Waals surface area contributed by atoms with E-state index in [0.717, 1.165) is 18.5 Å². The van der Waals surface area contributed by atoms with Crippen molar-refractivity contribution in [3.8, 4) is 0 Å². The van der Waals surface area contributed by atoms with Crippen LogP contribution in [0.1, 0.15) is 46.0 Å². The van der Waals surface area contributed by atoms with Gasteiger partial charge in [0.1, 0.15) is 0 Å². The molecule has 15 heavy (non-hydrogen) atoms. The Balaban J connectivity index is 2.18. The van der Waals surface area contributed by atoms with Gasteiger partial charge in [-0.2, -0.15) is 0 Å². The molecule has 1 fully saturated rings. The molecule has 1 N–H and O–H groups in total. The maximum atomic E-state index is 3.24. The maximum Gasteiger partial charge on any atom is 0.00790 e. The maximum absolute atomic E-state index is 3.24. The van der Waals surface area contributed by atoms with Crippen LogP contribution in [0, 0.1) is 5.92 Å². The van der Waals surface area contributed by atoms with Crippen molar-refractivity contribution in [3.63, 3.8) is 0 Å². The summed E-state index contributed by atoms with van der Waals surface area (Å²) in [6.07, 6.45) is 6.95. The topological polar surface area (TPSA) is 15.3 Å². The first-order valence-electron chi connectivity index (χ1n) is 6.66. The van der Waals surface area contributed by atoms with Gasteiger partial charge < -0.3 is 10.2 Å². The summed E-state index contributed by atoms with van der Waals surface area (Å²) >= 11 is 0. The van der Waals surface area contributed by atoms with Gasteiger partial charge in [-0.1, -0.05) is 19.8 Å². The van der Waals surface area contributed by atoms with Crippen LogP contribution in [-0.4, -0.2) is 37.6 Å². The highest BCUT2D eigenvalue weighted by atomic mass is 15.2. The van der Waals surface area contributed by atoms with E-state index in [1.54, 1.807) is 0 Å². The van der Waals surface area contributed by atoms with E-state index in [4.69, 9.17) is 0 Å². The molecule has 1 aliphatic rings. The van der Waals surface area contributed by atoms with Crippen LogP contribution in [0.5, 0.6) is 0 Å². The summed E-state index contributed by atoms with van der Waals surface area (Å²) in [5.74, 6) is 1.02. The van der Waals surface area contributed by atoms with Gasteiger partial charge >= 0.3 is 0 Å². The first-order chi connectivity index (χ1) is 7.27. The Kier molecular flexibility index (Phi) is 6.26. The minimum atomic E-state index is 0.764. The first kappa shape index (κ1) is 13.0. The lowest BCUT2D eigenvalue weighted by Gasteiger charge is -2.36. The van der Waals surface area contributed by atoms with Crippen LogP contribution in [-0.2, 0) is 0 Å². The molecular weight excluding hydrogens is 184 g/mol. The van der Waals surface area contributed by atoms with Gasteiger partial charge in [0.15, 0.2) is 0 Å². The summed E-state index contributed by atoms with van der Waals surface area (Å²) in [5, 5.41) is 3.24. The SMILES string of the molecule is CCCC1CCN(C(C)CCNC)CC1. The number of hydrogen-bond donors (Lipinski definition) is 1. The molecule has 90 valence electrons. The Morgan fingerprint density at radius 3 is 2.53 bits per heavy atom. The van der Waals surface area contributed by atoms with E-state index in [1.165, 1.54) is 45.2 Å². The highest BCUT2D eigenvalue weighted by molar-refractivity contribution is 4.76. The second kappa shape index (κ2) is 7.24. The molecule has 0 saturated carbocycles. The van der Waals surface area contributed by atoms with Gasteiger partial charge in [-0.25, -0.2) is 0 Å². The lowest BCUT2D eigenvalue weighted by Crippen LogP contribution is -2.41. The van der Waals surface area contributed by atoms with E-state index < -0.39 is 0 Å². The largest absolute Gasteiger partial charge is 0.320 e. The van der Waals surface area contributed by atoms with Gasteiger partial charge in [-0.3, -0.25) is 0 Å². The van der Waals surface area contributed by atoms with Crippen molar-refractivity contribution in [2.45, 2.75) is 52.0 Å². The van der Waals surface area contributed by atoms with E-state index in [-0.39, 0.29) is 0 Å². The number of nitrogens with one attached hydrogen (secondary N) is 1. The molecule has 0 radical (unpaired) electrons. The van der Waals surface area contributed by atoms with Gasteiger partial charge in [0.2, 0.25) is 0 Å². The summed E-state index contributed by atoms with van der Waals surface area (Å²) in [4.78, 5) is 2.67. The average molecular weight is 212 g/mol. The molecule has 0 aromatic rings. The van der Waals surface area contributed by atoms with Crippen molar-refractivity contribution >= 4 is 0 Å². The Bertz CT molecular complexity index is 151. The predicted octanol–water partition coefficient (Wildman–Crippen LogP) is 2.50. The quantitative estimate of drug-likeness (QED) is 0.728. The molecule has 0 spiro atoms. The summed E-state index contributed by atoms with van der Waals surface area (Å²) in [5.41, 5.74) is 0. The van der Waals surface area contributed by atoms with Crippen LogP contribution in [0.15, 0.2) is 0 Å². The summed E-state index contributed by atoms with van der Waals surface area (Å²) < 4.78 is 0. The average Bonchev–Trinajstić information content (AvgIpc) is 2.27. The minimum Gasteiger partial charge on any atom is -0.320 e. The van der Waals surface area contributed by atoms with E-state index in [2.05, 4.69) is 24.1 Å². The van der Waals surface area contributed by atoms with Gasteiger partial charge in [0.05, 0.1) is 0 Å². The van der Waals surface area contributed by atoms with Crippen LogP contribution in [0.3, 0.4) is 0 Å². The zero-order chi connectivity index (χ0) is 11.1. The Morgan fingerprint density at radius 1 is 1.33 bits per heavy atom. The molecule has 2 nitrogen and oxygen atoms in total. The van der Waals surface area contributed by atoms with Crippen LogP contribution >= 0.6 is 0 Å². The summed E-state index contributed by atoms with van der Waals surface area (Å²) in [7, 11) is 2.04. The normalized spacial score (nSPS) is 21.8. The number of likely N-dealkylation sites (tertiary alicyclic amines) is 1. The molecule has 1 atom stereocenters. The highest BCUT2D eigenvalue weighted by Gasteiger charge is 2.21. The lowest BCUT2D eigenvalue weighted by atomic mass is 9.91. The Hall–Kier alpha value is -0.0800. The van der Waals surface area contributed by atoms with Crippen molar-refractivity contribution in [1.29, 1.82) is 0 Å². The lowest BCUT2D eigenvalue weighted by molar-refractivity contribution is 0.132. The number of hydrogen-bond acceptors (Lipinski definition) is 2. The van der Waals surface area contributed by atoms with Crippen molar-refractivity contribution in [2.24, 2.45) is 5.92 Å². The second-order valence-electron chi connectivity index (χ2n) is 5.01. The standard InChI is InChI=1S/C13H28N2/c1-4-5-13-7-10-15(11-8-13)12(2)6-9-14-3/h12-14H,4-11H2,1-3H3. The molecule has 1 saturated heterocycles. The fourth-order valence-electron chi connectivity index (χ4n) is 2.63. The molecule has 1 aliphatic heterocycles. The zero-order valence-electron chi connectivity index (χ0n) is 10.8. The second-order valence-corrected chi connectivity index (χ2v) is 5.01. The van der Waals surface area contributed by atoms with Crippen LogP contribution in [0.2, 0.25) is 0 Å². The zero-order valence-corrected chi connectivity index (χ0v) is 10.8. The van der Waals surface area contributed by atoms with E-state index in [9.17, 15) is 0 Å². The Morgan fingerprint density at radius 2 is 2.00 bits per heavy atom. The highest BCUT2D eigenvalue weighted by Crippen LogP contribution is 2.23. The molecule has 0 amide bonds. The fourth-order valence-corrected chi connectivity index (χ4v) is 2.63. The van der Waals surface area contributed by atoms with Crippen molar-refractivity contribution in [2.75, 3.05) is 26.7 Å². The van der Waals surface area contributed by atoms with Crippen molar-refractivity contribution < 1.29 is 0 Å². The third-order valence-corrected chi connectivity index (χ3v) is 3.78. The molecule has 0 aliphatic carbocycles. The fraction of sp³-hybridized carbons (Fsp3) is 1.00. The third kappa shape index (κ3) is 4.52. The molecule has 1 heterocycles. The van der Waals surface area contributed by atoms with Gasteiger partial charge in [0, 0.05) is 6.04 Å². The van der Waals surface area contributed by atoms with Crippen LogP contribution in [0.4, 0.5) is 0 Å². The van der Waals surface area contributed by atoms with Crippen molar-refractivity contribution in [3.05, 3.63) is 0 Å². The molecule has 2 heteroatoms. The summed E-state index contributed by atoms with van der Waals surface area (Å²) in [6.45, 7) is 8.49. The molecule has 1 rings (SSSR count). The van der Waals surface area contributed by atoms with Gasteiger partial charge in [-0.15, -0.1) is 0 Å². The van der Waals surface area contributed by atoms with Crippen LogP contribution in [0.25, 0.3) is 0 Å². The molecule has 0 bridgehead atoms. The monoisotopic (exact) mass is 212 g/mol. The van der Waals surface area contributed by atoms with Crippen molar-refractivity contribution in [1.82, 2.24) is 10.2 Å². The van der Waals surface area contributed by atoms with Gasteiger partial charge in [0.25, 0.3) is 0 Å². The molecule has 1 unspecified atom stereocenters.